The number of carboxylic acids is 1. The molecule has 0 saturated carbocycles. The molecule has 2 atom stereocenters. The minimum atomic E-state index is -0.842. The number of hydrogen-bond donors (Lipinski definition) is 2. The van der Waals surface area contributed by atoms with Gasteiger partial charge in [0.2, 0.25) is 0 Å². The molecular formula is C18H28O4. The zero-order valence-electron chi connectivity index (χ0n) is 13.6. The SMILES string of the molecule is COc1cccc(CCC(C)CCCC(O)CCC(=O)O)c1. The molecule has 0 aromatic heterocycles. The number of carbonyl (C=O) groups is 1. The number of ether oxygens (including phenoxy) is 1. The molecule has 22 heavy (non-hydrogen) atoms. The van der Waals surface area contributed by atoms with Crippen molar-refractivity contribution >= 4 is 5.97 Å². The zero-order chi connectivity index (χ0) is 16.4. The van der Waals surface area contributed by atoms with Gasteiger partial charge in [0.1, 0.15) is 5.75 Å². The smallest absolute Gasteiger partial charge is 0.303 e. The Bertz CT molecular complexity index is 444. The van der Waals surface area contributed by atoms with Crippen molar-refractivity contribution < 1.29 is 19.7 Å². The first-order valence-electron chi connectivity index (χ1n) is 8.04. The number of carboxylic acid groups (broad SMARTS) is 1. The summed E-state index contributed by atoms with van der Waals surface area (Å²) in [5.41, 5.74) is 1.28. The van der Waals surface area contributed by atoms with Gasteiger partial charge in [-0.15, -0.1) is 0 Å². The van der Waals surface area contributed by atoms with Gasteiger partial charge in [-0.1, -0.05) is 31.9 Å². The van der Waals surface area contributed by atoms with Gasteiger partial charge in [-0.25, -0.2) is 0 Å². The lowest BCUT2D eigenvalue weighted by atomic mass is 9.95. The van der Waals surface area contributed by atoms with Crippen LogP contribution in [-0.4, -0.2) is 29.4 Å². The lowest BCUT2D eigenvalue weighted by Crippen LogP contribution is -2.10. The fraction of sp³-hybridized carbons (Fsp3) is 0.611. The first kappa shape index (κ1) is 18.5. The van der Waals surface area contributed by atoms with Crippen molar-refractivity contribution in [2.75, 3.05) is 7.11 Å². The standard InChI is InChI=1S/C18H28O4/c1-14(5-3-7-16(19)11-12-18(20)21)9-10-15-6-4-8-17(13-15)22-2/h4,6,8,13-14,16,19H,3,5,7,9-12H2,1-2H3,(H,20,21). The van der Waals surface area contributed by atoms with Crippen LogP contribution in [0.4, 0.5) is 0 Å². The van der Waals surface area contributed by atoms with Gasteiger partial charge < -0.3 is 14.9 Å². The van der Waals surface area contributed by atoms with Crippen molar-refractivity contribution in [3.8, 4) is 5.75 Å². The summed E-state index contributed by atoms with van der Waals surface area (Å²) in [6, 6.07) is 8.15. The summed E-state index contributed by atoms with van der Waals surface area (Å²) in [4.78, 5) is 10.4. The second-order valence-corrected chi connectivity index (χ2v) is 6.01. The van der Waals surface area contributed by atoms with E-state index in [4.69, 9.17) is 9.84 Å². The number of aryl methyl sites for hydroxylation is 1. The molecule has 1 aromatic carbocycles. The Morgan fingerprint density at radius 3 is 2.68 bits per heavy atom. The van der Waals surface area contributed by atoms with E-state index in [2.05, 4.69) is 19.1 Å². The highest BCUT2D eigenvalue weighted by atomic mass is 16.5. The Hall–Kier alpha value is -1.55. The maximum absolute atomic E-state index is 10.4. The topological polar surface area (TPSA) is 66.8 Å². The van der Waals surface area contributed by atoms with E-state index in [0.717, 1.165) is 31.4 Å². The van der Waals surface area contributed by atoms with Crippen molar-refractivity contribution in [3.63, 3.8) is 0 Å². The van der Waals surface area contributed by atoms with Crippen molar-refractivity contribution in [3.05, 3.63) is 29.8 Å². The molecule has 4 nitrogen and oxygen atoms in total. The Morgan fingerprint density at radius 1 is 1.23 bits per heavy atom. The van der Waals surface area contributed by atoms with E-state index < -0.39 is 12.1 Å². The number of aliphatic hydroxyl groups excluding tert-OH is 1. The van der Waals surface area contributed by atoms with Gasteiger partial charge in [0.05, 0.1) is 13.2 Å². The Balaban J connectivity index is 2.17. The Morgan fingerprint density at radius 2 is 2.00 bits per heavy atom. The summed E-state index contributed by atoms with van der Waals surface area (Å²) < 4.78 is 5.22. The normalized spacial score (nSPS) is 13.6. The highest BCUT2D eigenvalue weighted by molar-refractivity contribution is 5.66. The zero-order valence-corrected chi connectivity index (χ0v) is 13.6. The van der Waals surface area contributed by atoms with Crippen LogP contribution in [0.3, 0.4) is 0 Å². The third-order valence-electron chi connectivity index (χ3n) is 3.99. The highest BCUT2D eigenvalue weighted by Crippen LogP contribution is 2.19. The van der Waals surface area contributed by atoms with Crippen molar-refractivity contribution in [2.24, 2.45) is 5.92 Å². The van der Waals surface area contributed by atoms with E-state index in [9.17, 15) is 9.90 Å². The van der Waals surface area contributed by atoms with Crippen molar-refractivity contribution in [1.82, 2.24) is 0 Å². The minimum absolute atomic E-state index is 0.0482. The molecule has 0 fully saturated rings. The quantitative estimate of drug-likeness (QED) is 0.654. The summed E-state index contributed by atoms with van der Waals surface area (Å²) in [5.74, 6) is 0.648. The van der Waals surface area contributed by atoms with E-state index in [-0.39, 0.29) is 6.42 Å². The summed E-state index contributed by atoms with van der Waals surface area (Å²) in [7, 11) is 1.68. The van der Waals surface area contributed by atoms with Crippen LogP contribution in [0.1, 0.15) is 51.0 Å². The lowest BCUT2D eigenvalue weighted by molar-refractivity contribution is -0.137. The van der Waals surface area contributed by atoms with E-state index in [1.807, 2.05) is 12.1 Å². The van der Waals surface area contributed by atoms with Crippen LogP contribution in [-0.2, 0) is 11.2 Å². The fourth-order valence-electron chi connectivity index (χ4n) is 2.52. The predicted octanol–water partition coefficient (Wildman–Crippen LogP) is 3.66. The van der Waals surface area contributed by atoms with E-state index >= 15 is 0 Å². The summed E-state index contributed by atoms with van der Waals surface area (Å²) in [5, 5.41) is 18.3. The van der Waals surface area contributed by atoms with Crippen LogP contribution < -0.4 is 4.74 Å². The third-order valence-corrected chi connectivity index (χ3v) is 3.99. The summed E-state index contributed by atoms with van der Waals surface area (Å²) >= 11 is 0. The molecule has 0 spiro atoms. The molecule has 1 aromatic rings. The van der Waals surface area contributed by atoms with Gasteiger partial charge in [-0.3, -0.25) is 4.79 Å². The molecular weight excluding hydrogens is 280 g/mol. The second-order valence-electron chi connectivity index (χ2n) is 6.01. The molecule has 4 heteroatoms. The van der Waals surface area contributed by atoms with Crippen LogP contribution in [0.5, 0.6) is 5.75 Å². The highest BCUT2D eigenvalue weighted by Gasteiger charge is 2.09. The van der Waals surface area contributed by atoms with Gasteiger partial charge >= 0.3 is 5.97 Å². The Kier molecular flexibility index (Phi) is 8.60. The molecule has 124 valence electrons. The van der Waals surface area contributed by atoms with E-state index in [0.29, 0.717) is 18.8 Å². The first-order valence-corrected chi connectivity index (χ1v) is 8.04. The molecule has 0 saturated heterocycles. The molecule has 2 N–H and O–H groups in total. The van der Waals surface area contributed by atoms with Crippen LogP contribution in [0, 0.1) is 5.92 Å². The van der Waals surface area contributed by atoms with Crippen LogP contribution in [0.25, 0.3) is 0 Å². The number of aliphatic carboxylic acids is 1. The third kappa shape index (κ3) is 8.03. The van der Waals surface area contributed by atoms with Gasteiger partial charge in [0.25, 0.3) is 0 Å². The molecule has 1 rings (SSSR count). The summed E-state index contributed by atoms with van der Waals surface area (Å²) in [6.07, 6.45) is 4.75. The molecule has 0 aliphatic carbocycles. The average Bonchev–Trinajstić information content (AvgIpc) is 2.51. The second kappa shape index (κ2) is 10.2. The van der Waals surface area contributed by atoms with Crippen LogP contribution in [0.15, 0.2) is 24.3 Å². The molecule has 2 unspecified atom stereocenters. The predicted molar refractivity (Wildman–Crippen MR) is 87.2 cm³/mol. The van der Waals surface area contributed by atoms with Crippen molar-refractivity contribution in [1.29, 1.82) is 0 Å². The molecule has 0 aliphatic heterocycles. The molecule has 0 aliphatic rings. The number of methoxy groups -OCH3 is 1. The van der Waals surface area contributed by atoms with E-state index in [1.165, 1.54) is 5.56 Å². The van der Waals surface area contributed by atoms with Gasteiger partial charge in [0.15, 0.2) is 0 Å². The minimum Gasteiger partial charge on any atom is -0.497 e. The number of aliphatic hydroxyl groups is 1. The molecule has 0 amide bonds. The fourth-order valence-corrected chi connectivity index (χ4v) is 2.52. The monoisotopic (exact) mass is 308 g/mol. The molecule has 0 bridgehead atoms. The number of benzene rings is 1. The van der Waals surface area contributed by atoms with Gasteiger partial charge in [-0.2, -0.15) is 0 Å². The van der Waals surface area contributed by atoms with Gasteiger partial charge in [-0.05, 0) is 49.3 Å². The van der Waals surface area contributed by atoms with Crippen LogP contribution in [0.2, 0.25) is 0 Å². The van der Waals surface area contributed by atoms with Gasteiger partial charge in [0, 0.05) is 6.42 Å². The summed E-state index contributed by atoms with van der Waals surface area (Å²) in [6.45, 7) is 2.23. The first-order chi connectivity index (χ1) is 10.5. The van der Waals surface area contributed by atoms with Crippen molar-refractivity contribution in [2.45, 2.75) is 58.0 Å². The van der Waals surface area contributed by atoms with E-state index in [1.54, 1.807) is 7.11 Å². The lowest BCUT2D eigenvalue weighted by Gasteiger charge is -2.13. The molecule has 0 radical (unpaired) electrons. The Labute approximate surface area is 133 Å². The maximum atomic E-state index is 10.4. The largest absolute Gasteiger partial charge is 0.497 e. The average molecular weight is 308 g/mol. The molecule has 0 heterocycles. The number of rotatable bonds is 11. The van der Waals surface area contributed by atoms with Crippen LogP contribution >= 0.6 is 0 Å². The number of hydrogen-bond acceptors (Lipinski definition) is 3. The maximum Gasteiger partial charge on any atom is 0.303 e.